The molecule has 4 atom stereocenters. The summed E-state index contributed by atoms with van der Waals surface area (Å²) >= 11 is 0. The number of hydrogen-bond donors (Lipinski definition) is 2. The number of amides is 3. The fourth-order valence-electron chi connectivity index (χ4n) is 4.05. The molecule has 2 N–H and O–H groups in total. The number of hydrogen-bond acceptors (Lipinski definition) is 7. The second-order valence-electron chi connectivity index (χ2n) is 10.5. The Bertz CT molecular complexity index is 1200. The SMILES string of the molecule is COC[C@H](c1cnn2cc([C@@H](NC(=O)OC(C)(C)C)[C@@H](C)O[C@@H](C)C(F)(F)F)nc2c1)N1CC(F)(F)CNC1=O. The van der Waals surface area contributed by atoms with Crippen LogP contribution in [-0.4, -0.2) is 88.3 Å². The van der Waals surface area contributed by atoms with E-state index in [2.05, 4.69) is 20.7 Å². The fraction of sp³-hybridized carbons (Fsp3) is 0.667. The van der Waals surface area contributed by atoms with Gasteiger partial charge in [-0.25, -0.2) is 27.9 Å². The van der Waals surface area contributed by atoms with Crippen molar-refractivity contribution in [3.8, 4) is 0 Å². The van der Waals surface area contributed by atoms with E-state index >= 15 is 0 Å². The average Bonchev–Trinajstić information content (AvgIpc) is 3.24. The predicted octanol–water partition coefficient (Wildman–Crippen LogP) is 4.00. The summed E-state index contributed by atoms with van der Waals surface area (Å²) in [6.45, 7) is 5.30. The van der Waals surface area contributed by atoms with Gasteiger partial charge in [0.1, 0.15) is 11.6 Å². The number of carbonyl (C=O) groups excluding carboxylic acids is 2. The summed E-state index contributed by atoms with van der Waals surface area (Å²) in [6.07, 6.45) is -6.19. The van der Waals surface area contributed by atoms with Gasteiger partial charge in [-0.3, -0.25) is 0 Å². The second-order valence-corrected chi connectivity index (χ2v) is 10.5. The van der Waals surface area contributed by atoms with Crippen LogP contribution < -0.4 is 10.6 Å². The van der Waals surface area contributed by atoms with E-state index in [1.807, 2.05) is 0 Å². The number of imidazole rings is 1. The van der Waals surface area contributed by atoms with E-state index in [1.165, 1.54) is 37.0 Å². The second kappa shape index (κ2) is 11.7. The van der Waals surface area contributed by atoms with Crippen LogP contribution in [0.3, 0.4) is 0 Å². The van der Waals surface area contributed by atoms with Gasteiger partial charge >= 0.3 is 18.3 Å². The maximum absolute atomic E-state index is 14.1. The highest BCUT2D eigenvalue weighted by atomic mass is 19.4. The van der Waals surface area contributed by atoms with Crippen LogP contribution in [0, 0.1) is 0 Å². The molecule has 0 radical (unpaired) electrons. The lowest BCUT2D eigenvalue weighted by atomic mass is 10.1. The molecule has 1 aliphatic heterocycles. The van der Waals surface area contributed by atoms with E-state index in [9.17, 15) is 31.5 Å². The first-order valence-electron chi connectivity index (χ1n) is 12.4. The lowest BCUT2D eigenvalue weighted by molar-refractivity contribution is -0.227. The van der Waals surface area contributed by atoms with Crippen LogP contribution in [0.2, 0.25) is 0 Å². The van der Waals surface area contributed by atoms with E-state index < -0.39 is 67.2 Å². The van der Waals surface area contributed by atoms with Crippen LogP contribution in [0.15, 0.2) is 18.5 Å². The number of rotatable bonds is 9. The number of ether oxygens (including phenoxy) is 3. The molecule has 40 heavy (non-hydrogen) atoms. The molecular weight excluding hydrogens is 547 g/mol. The predicted molar refractivity (Wildman–Crippen MR) is 131 cm³/mol. The monoisotopic (exact) mass is 580 g/mol. The van der Waals surface area contributed by atoms with Gasteiger partial charge in [0.2, 0.25) is 0 Å². The summed E-state index contributed by atoms with van der Waals surface area (Å²) in [6, 6.07) is -1.36. The van der Waals surface area contributed by atoms with Crippen LogP contribution in [0.4, 0.5) is 31.5 Å². The number of aromatic nitrogens is 3. The Balaban J connectivity index is 1.96. The van der Waals surface area contributed by atoms with Gasteiger partial charge in [0, 0.05) is 12.7 Å². The summed E-state index contributed by atoms with van der Waals surface area (Å²) in [4.78, 5) is 30.3. The zero-order valence-corrected chi connectivity index (χ0v) is 22.9. The van der Waals surface area contributed by atoms with Gasteiger partial charge in [-0.05, 0) is 40.7 Å². The van der Waals surface area contributed by atoms with Gasteiger partial charge in [0.05, 0.1) is 49.9 Å². The summed E-state index contributed by atoms with van der Waals surface area (Å²) in [5, 5.41) is 8.89. The van der Waals surface area contributed by atoms with Gasteiger partial charge in [0.25, 0.3) is 5.92 Å². The normalized spacial score (nSPS) is 19.1. The zero-order chi connectivity index (χ0) is 30.0. The summed E-state index contributed by atoms with van der Waals surface area (Å²) in [7, 11) is 1.35. The highest BCUT2D eigenvalue weighted by molar-refractivity contribution is 5.76. The van der Waals surface area contributed by atoms with Crippen molar-refractivity contribution in [1.82, 2.24) is 30.1 Å². The van der Waals surface area contributed by atoms with Crippen molar-refractivity contribution in [2.45, 2.75) is 76.6 Å². The number of carbonyl (C=O) groups is 2. The number of nitrogens with zero attached hydrogens (tertiary/aromatic N) is 4. The molecule has 2 aromatic rings. The molecule has 1 saturated heterocycles. The molecule has 3 heterocycles. The molecule has 2 aromatic heterocycles. The highest BCUT2D eigenvalue weighted by Crippen LogP contribution is 2.30. The van der Waals surface area contributed by atoms with Crippen LogP contribution in [0.1, 0.15) is 58.0 Å². The Kier molecular flexibility index (Phi) is 9.13. The molecule has 1 aliphatic rings. The molecule has 0 aliphatic carbocycles. The van der Waals surface area contributed by atoms with Gasteiger partial charge in [-0.15, -0.1) is 0 Å². The Morgan fingerprint density at radius 2 is 1.93 bits per heavy atom. The molecule has 224 valence electrons. The number of halogens is 5. The van der Waals surface area contributed by atoms with Crippen molar-refractivity contribution in [2.24, 2.45) is 0 Å². The van der Waals surface area contributed by atoms with E-state index in [1.54, 1.807) is 20.8 Å². The minimum Gasteiger partial charge on any atom is -0.444 e. The molecule has 0 bridgehead atoms. The van der Waals surface area contributed by atoms with Crippen LogP contribution in [0.25, 0.3) is 5.65 Å². The maximum Gasteiger partial charge on any atom is 0.414 e. The number of nitrogens with one attached hydrogen (secondary N) is 2. The van der Waals surface area contributed by atoms with Gasteiger partial charge in [-0.2, -0.15) is 18.3 Å². The standard InChI is InChI=1S/C24H33F5N6O5/c1-13(39-14(2)24(27,28)29)19(33-21(37)40-22(3,4)5)16-9-35-18(32-16)7-15(8-31-35)17(10-38-6)34-12-23(25,26)11-30-20(34)36/h7-9,13-14,17,19H,10-12H2,1-6H3,(H,30,36)(H,33,37)/t13-,14+,17-,19+/m1/s1. The molecular formula is C24H33F5N6O5. The third-order valence-electron chi connectivity index (χ3n) is 5.95. The molecule has 0 spiro atoms. The summed E-state index contributed by atoms with van der Waals surface area (Å²) in [5.41, 5.74) is -0.292. The average molecular weight is 581 g/mol. The Labute approximate surface area is 227 Å². The van der Waals surface area contributed by atoms with Crippen LogP contribution in [0.5, 0.6) is 0 Å². The first kappa shape index (κ1) is 31.3. The number of methoxy groups -OCH3 is 1. The van der Waals surface area contributed by atoms with E-state index in [-0.39, 0.29) is 17.9 Å². The van der Waals surface area contributed by atoms with Crippen molar-refractivity contribution < 1.29 is 45.8 Å². The lowest BCUT2D eigenvalue weighted by Gasteiger charge is -2.38. The summed E-state index contributed by atoms with van der Waals surface area (Å²) in [5.74, 6) is -3.16. The quantitative estimate of drug-likeness (QED) is 0.431. The van der Waals surface area contributed by atoms with Crippen molar-refractivity contribution in [3.63, 3.8) is 0 Å². The van der Waals surface area contributed by atoms with Crippen molar-refractivity contribution >= 4 is 17.8 Å². The zero-order valence-electron chi connectivity index (χ0n) is 22.9. The molecule has 0 saturated carbocycles. The minimum atomic E-state index is -4.64. The first-order valence-corrected chi connectivity index (χ1v) is 12.4. The highest BCUT2D eigenvalue weighted by Gasteiger charge is 2.43. The molecule has 3 rings (SSSR count). The molecule has 1 fully saturated rings. The van der Waals surface area contributed by atoms with Crippen molar-refractivity contribution in [1.29, 1.82) is 0 Å². The Morgan fingerprint density at radius 3 is 2.52 bits per heavy atom. The first-order chi connectivity index (χ1) is 18.4. The summed E-state index contributed by atoms with van der Waals surface area (Å²) < 4.78 is 84.6. The molecule has 0 aromatic carbocycles. The third-order valence-corrected chi connectivity index (χ3v) is 5.95. The molecule has 11 nitrogen and oxygen atoms in total. The van der Waals surface area contributed by atoms with Crippen molar-refractivity contribution in [2.75, 3.05) is 26.8 Å². The smallest absolute Gasteiger partial charge is 0.414 e. The number of alkyl carbamates (subject to hydrolysis) is 1. The number of urea groups is 1. The minimum absolute atomic E-state index is 0.0999. The van der Waals surface area contributed by atoms with Crippen LogP contribution >= 0.6 is 0 Å². The maximum atomic E-state index is 14.1. The number of alkyl halides is 5. The lowest BCUT2D eigenvalue weighted by Crippen LogP contribution is -2.58. The fourth-order valence-corrected chi connectivity index (χ4v) is 4.05. The van der Waals surface area contributed by atoms with Crippen LogP contribution in [-0.2, 0) is 14.2 Å². The molecule has 16 heteroatoms. The van der Waals surface area contributed by atoms with E-state index in [0.29, 0.717) is 5.56 Å². The topological polar surface area (TPSA) is 119 Å². The van der Waals surface area contributed by atoms with E-state index in [0.717, 1.165) is 11.8 Å². The van der Waals surface area contributed by atoms with Gasteiger partial charge in [0.15, 0.2) is 11.8 Å². The largest absolute Gasteiger partial charge is 0.444 e. The third kappa shape index (κ3) is 7.90. The van der Waals surface area contributed by atoms with Crippen molar-refractivity contribution in [3.05, 3.63) is 29.7 Å². The van der Waals surface area contributed by atoms with Gasteiger partial charge in [-0.1, -0.05) is 0 Å². The van der Waals surface area contributed by atoms with E-state index in [4.69, 9.17) is 14.2 Å². The molecule has 0 unspecified atom stereocenters. The van der Waals surface area contributed by atoms with Gasteiger partial charge < -0.3 is 29.7 Å². The Morgan fingerprint density at radius 1 is 1.25 bits per heavy atom. The number of fused-ring (bicyclic) bond motifs is 1. The Hall–Kier alpha value is -3.27. The molecule has 3 amide bonds.